The average molecular weight is 396 g/mol. The number of amides is 2. The Labute approximate surface area is 166 Å². The molecule has 2 aromatic heterocycles. The van der Waals surface area contributed by atoms with Crippen molar-refractivity contribution >= 4 is 23.6 Å². The number of imide groups is 1. The van der Waals surface area contributed by atoms with Gasteiger partial charge in [-0.3, -0.25) is 19.1 Å². The van der Waals surface area contributed by atoms with Gasteiger partial charge in [-0.1, -0.05) is 37.7 Å². The van der Waals surface area contributed by atoms with Crippen LogP contribution >= 0.6 is 11.8 Å². The number of aromatic nitrogens is 3. The second kappa shape index (κ2) is 7.63. The second-order valence-corrected chi connectivity index (χ2v) is 8.01. The molecule has 7 nitrogen and oxygen atoms in total. The zero-order chi connectivity index (χ0) is 19.7. The molecule has 0 radical (unpaired) electrons. The third kappa shape index (κ3) is 3.35. The monoisotopic (exact) mass is 396 g/mol. The van der Waals surface area contributed by atoms with Gasteiger partial charge in [-0.15, -0.1) is 10.2 Å². The number of carbonyl (C=O) groups excluding carboxylic acids is 2. The summed E-state index contributed by atoms with van der Waals surface area (Å²) >= 11 is 1.48. The summed E-state index contributed by atoms with van der Waals surface area (Å²) in [6, 6.07) is 10.6. The fourth-order valence-corrected chi connectivity index (χ4v) is 4.06. The van der Waals surface area contributed by atoms with E-state index in [1.54, 1.807) is 30.5 Å². The number of hydrogen-bond acceptors (Lipinski definition) is 6. The first-order valence-electron chi connectivity index (χ1n) is 9.11. The second-order valence-electron chi connectivity index (χ2n) is 6.94. The fourth-order valence-electron chi connectivity index (χ4n) is 3.18. The Bertz CT molecular complexity index is 975. The van der Waals surface area contributed by atoms with Gasteiger partial charge in [-0.05, 0) is 30.2 Å². The van der Waals surface area contributed by atoms with Gasteiger partial charge in [-0.2, -0.15) is 0 Å². The lowest BCUT2D eigenvalue weighted by molar-refractivity contribution is 0.0664. The van der Waals surface area contributed by atoms with Crippen LogP contribution in [0.2, 0.25) is 0 Å². The van der Waals surface area contributed by atoms with Crippen LogP contribution in [-0.2, 0) is 6.54 Å². The Morgan fingerprint density at radius 1 is 1.04 bits per heavy atom. The van der Waals surface area contributed by atoms with E-state index in [-0.39, 0.29) is 11.8 Å². The van der Waals surface area contributed by atoms with Crippen molar-refractivity contribution in [1.29, 1.82) is 0 Å². The van der Waals surface area contributed by atoms with Crippen LogP contribution in [0.25, 0.3) is 11.6 Å². The molecule has 0 N–H and O–H groups in total. The van der Waals surface area contributed by atoms with Crippen molar-refractivity contribution in [2.45, 2.75) is 25.5 Å². The first-order chi connectivity index (χ1) is 13.6. The number of furan rings is 1. The first-order valence-corrected chi connectivity index (χ1v) is 10.1. The molecule has 1 aliphatic rings. The lowest BCUT2D eigenvalue weighted by Crippen LogP contribution is -2.31. The number of fused-ring (bicyclic) bond motifs is 1. The highest BCUT2D eigenvalue weighted by Crippen LogP contribution is 2.27. The van der Waals surface area contributed by atoms with E-state index >= 15 is 0 Å². The molecule has 1 aliphatic heterocycles. The summed E-state index contributed by atoms with van der Waals surface area (Å²) in [6.07, 6.45) is 1.61. The van der Waals surface area contributed by atoms with Gasteiger partial charge in [0.05, 0.1) is 17.4 Å². The molecule has 0 aliphatic carbocycles. The van der Waals surface area contributed by atoms with Gasteiger partial charge in [0.2, 0.25) is 0 Å². The van der Waals surface area contributed by atoms with Crippen molar-refractivity contribution in [3.05, 3.63) is 53.8 Å². The topological polar surface area (TPSA) is 81.2 Å². The largest absolute Gasteiger partial charge is 0.461 e. The maximum absolute atomic E-state index is 12.5. The van der Waals surface area contributed by atoms with Gasteiger partial charge >= 0.3 is 0 Å². The van der Waals surface area contributed by atoms with Crippen LogP contribution in [0.5, 0.6) is 0 Å². The number of nitrogens with zero attached hydrogens (tertiary/aromatic N) is 4. The quantitative estimate of drug-likeness (QED) is 0.448. The fraction of sp³-hybridized carbons (Fsp3) is 0.300. The molecule has 28 heavy (non-hydrogen) atoms. The molecule has 0 saturated carbocycles. The summed E-state index contributed by atoms with van der Waals surface area (Å²) < 4.78 is 7.50. The highest BCUT2D eigenvalue weighted by Gasteiger charge is 2.34. The molecule has 144 valence electrons. The van der Waals surface area contributed by atoms with E-state index < -0.39 is 0 Å². The van der Waals surface area contributed by atoms with E-state index in [4.69, 9.17) is 4.42 Å². The molecule has 0 saturated heterocycles. The smallest absolute Gasteiger partial charge is 0.261 e. The molecule has 0 spiro atoms. The summed E-state index contributed by atoms with van der Waals surface area (Å²) in [4.78, 5) is 26.2. The van der Waals surface area contributed by atoms with Crippen LogP contribution in [0.15, 0.2) is 52.2 Å². The van der Waals surface area contributed by atoms with Gasteiger partial charge < -0.3 is 4.42 Å². The Morgan fingerprint density at radius 2 is 1.75 bits per heavy atom. The molecule has 2 amide bonds. The molecule has 4 rings (SSSR count). The standard InChI is InChI=1S/C20H20N4O3S/c1-13(2)12-24-17(16-8-5-10-27-16)21-22-20(24)28-11-9-23-18(25)14-6-3-4-7-15(14)19(23)26/h3-8,10,13H,9,11-12H2,1-2H3. The van der Waals surface area contributed by atoms with Crippen molar-refractivity contribution in [2.24, 2.45) is 5.92 Å². The van der Waals surface area contributed by atoms with Crippen molar-refractivity contribution in [3.8, 4) is 11.6 Å². The minimum absolute atomic E-state index is 0.235. The molecule has 1 aromatic carbocycles. The normalized spacial score (nSPS) is 13.6. The lowest BCUT2D eigenvalue weighted by atomic mass is 10.1. The van der Waals surface area contributed by atoms with E-state index in [9.17, 15) is 9.59 Å². The Hall–Kier alpha value is -2.87. The molecule has 3 heterocycles. The first kappa shape index (κ1) is 18.5. The minimum atomic E-state index is -0.235. The van der Waals surface area contributed by atoms with Crippen LogP contribution in [0.1, 0.15) is 34.6 Å². The van der Waals surface area contributed by atoms with Crippen LogP contribution in [0, 0.1) is 5.92 Å². The van der Waals surface area contributed by atoms with E-state index in [1.165, 1.54) is 16.7 Å². The number of carbonyl (C=O) groups is 2. The number of benzene rings is 1. The Kier molecular flexibility index (Phi) is 5.04. The predicted molar refractivity (Wildman–Crippen MR) is 105 cm³/mol. The molecule has 0 atom stereocenters. The molecular formula is C20H20N4O3S. The van der Waals surface area contributed by atoms with Gasteiger partial charge in [0.15, 0.2) is 16.7 Å². The predicted octanol–water partition coefficient (Wildman–Crippen LogP) is 3.58. The molecule has 3 aromatic rings. The van der Waals surface area contributed by atoms with Crippen molar-refractivity contribution in [3.63, 3.8) is 0 Å². The van der Waals surface area contributed by atoms with E-state index in [1.807, 2.05) is 16.7 Å². The van der Waals surface area contributed by atoms with Gasteiger partial charge in [0.25, 0.3) is 11.8 Å². The molecule has 0 fully saturated rings. The number of rotatable bonds is 7. The highest BCUT2D eigenvalue weighted by atomic mass is 32.2. The lowest BCUT2D eigenvalue weighted by Gasteiger charge is -2.14. The van der Waals surface area contributed by atoms with Crippen molar-refractivity contribution in [1.82, 2.24) is 19.7 Å². The summed E-state index contributed by atoms with van der Waals surface area (Å²) in [6.45, 7) is 5.32. The van der Waals surface area contributed by atoms with E-state index in [0.29, 0.717) is 40.9 Å². The Morgan fingerprint density at radius 3 is 2.36 bits per heavy atom. The summed E-state index contributed by atoms with van der Waals surface area (Å²) in [5.74, 6) is 1.82. The van der Waals surface area contributed by atoms with Crippen LogP contribution < -0.4 is 0 Å². The van der Waals surface area contributed by atoms with Crippen molar-refractivity contribution in [2.75, 3.05) is 12.3 Å². The minimum Gasteiger partial charge on any atom is -0.461 e. The van der Waals surface area contributed by atoms with Crippen LogP contribution in [0.3, 0.4) is 0 Å². The third-order valence-electron chi connectivity index (χ3n) is 4.43. The third-order valence-corrected chi connectivity index (χ3v) is 5.38. The molecule has 0 unspecified atom stereocenters. The molecule has 0 bridgehead atoms. The van der Waals surface area contributed by atoms with E-state index in [2.05, 4.69) is 24.0 Å². The zero-order valence-corrected chi connectivity index (χ0v) is 16.5. The maximum Gasteiger partial charge on any atom is 0.261 e. The van der Waals surface area contributed by atoms with Crippen LogP contribution in [0.4, 0.5) is 0 Å². The van der Waals surface area contributed by atoms with Gasteiger partial charge in [-0.25, -0.2) is 0 Å². The van der Waals surface area contributed by atoms with E-state index in [0.717, 1.165) is 11.7 Å². The van der Waals surface area contributed by atoms with Crippen molar-refractivity contribution < 1.29 is 14.0 Å². The SMILES string of the molecule is CC(C)Cn1c(SCCN2C(=O)c3ccccc3C2=O)nnc1-c1ccco1. The van der Waals surface area contributed by atoms with Gasteiger partial charge in [0, 0.05) is 18.8 Å². The average Bonchev–Trinajstić information content (AvgIpc) is 3.38. The molecule has 8 heteroatoms. The number of hydrogen-bond donors (Lipinski definition) is 0. The van der Waals surface area contributed by atoms with Crippen LogP contribution in [-0.4, -0.2) is 43.8 Å². The van der Waals surface area contributed by atoms with Gasteiger partial charge in [0.1, 0.15) is 0 Å². The summed E-state index contributed by atoms with van der Waals surface area (Å²) in [7, 11) is 0. The highest BCUT2D eigenvalue weighted by molar-refractivity contribution is 7.99. The summed E-state index contributed by atoms with van der Waals surface area (Å²) in [5, 5.41) is 9.32. The number of thioether (sulfide) groups is 1. The Balaban J connectivity index is 1.47. The zero-order valence-electron chi connectivity index (χ0n) is 15.7. The summed E-state index contributed by atoms with van der Waals surface area (Å²) in [5.41, 5.74) is 0.946. The maximum atomic E-state index is 12.5. The molecular weight excluding hydrogens is 376 g/mol.